The average molecular weight is 341 g/mol. The molecule has 0 fully saturated rings. The molecular formula is C18H22F3NO2. The number of carbonyl (C=O) groups is 1. The molecule has 2 aliphatic rings. The normalized spacial score (nSPS) is 19.2. The van der Waals surface area contributed by atoms with E-state index in [0.717, 1.165) is 0 Å². The molecule has 0 spiro atoms. The average Bonchev–Trinajstić information content (AvgIpc) is 2.71. The van der Waals surface area contributed by atoms with Crippen molar-refractivity contribution in [3.8, 4) is 0 Å². The summed E-state index contributed by atoms with van der Waals surface area (Å²) in [6.07, 6.45) is 3.36. The summed E-state index contributed by atoms with van der Waals surface area (Å²) in [5.74, 6) is 0. The Labute approximate surface area is 140 Å². The van der Waals surface area contributed by atoms with Gasteiger partial charge in [-0.1, -0.05) is 30.4 Å². The van der Waals surface area contributed by atoms with Crippen LogP contribution in [-0.2, 0) is 4.74 Å². The molecule has 0 saturated carbocycles. The van der Waals surface area contributed by atoms with Crippen LogP contribution < -0.4 is 0 Å². The van der Waals surface area contributed by atoms with Gasteiger partial charge < -0.3 is 9.64 Å². The van der Waals surface area contributed by atoms with E-state index in [0.29, 0.717) is 18.5 Å². The number of alkyl halides is 3. The Morgan fingerprint density at radius 2 is 1.92 bits per heavy atom. The van der Waals surface area contributed by atoms with Crippen LogP contribution in [-0.4, -0.2) is 35.9 Å². The maximum absolute atomic E-state index is 13.3. The molecule has 0 saturated heterocycles. The minimum atomic E-state index is -4.36. The zero-order chi connectivity index (χ0) is 18.0. The summed E-state index contributed by atoms with van der Waals surface area (Å²) in [5, 5.41) is 0. The highest BCUT2D eigenvalue weighted by Crippen LogP contribution is 2.36. The van der Waals surface area contributed by atoms with Gasteiger partial charge in [-0.15, -0.1) is 0 Å². The van der Waals surface area contributed by atoms with Crippen LogP contribution in [0.4, 0.5) is 18.0 Å². The highest BCUT2D eigenvalue weighted by atomic mass is 19.4. The van der Waals surface area contributed by atoms with Crippen molar-refractivity contribution in [1.29, 1.82) is 0 Å². The van der Waals surface area contributed by atoms with Crippen LogP contribution in [0.15, 0.2) is 47.1 Å². The summed E-state index contributed by atoms with van der Waals surface area (Å²) in [6.45, 7) is 5.93. The third kappa shape index (κ3) is 4.76. The van der Waals surface area contributed by atoms with Gasteiger partial charge in [-0.05, 0) is 44.8 Å². The molecular weight excluding hydrogens is 319 g/mol. The standard InChI is InChI=1S/C18H22F3NO2/c1-17(2,3)24-16(23)22-11-9-13(10-12-22)14-7-5-4-6-8-15(14)18(19,20)21/h4-7,9H,8,10-12H2,1-3H3. The highest BCUT2D eigenvalue weighted by Gasteiger charge is 2.36. The summed E-state index contributed by atoms with van der Waals surface area (Å²) < 4.78 is 45.1. The Balaban J connectivity index is 2.19. The van der Waals surface area contributed by atoms with Crippen LogP contribution in [0, 0.1) is 0 Å². The van der Waals surface area contributed by atoms with Gasteiger partial charge in [0.25, 0.3) is 0 Å². The van der Waals surface area contributed by atoms with E-state index in [-0.39, 0.29) is 18.5 Å². The van der Waals surface area contributed by atoms with Gasteiger partial charge in [0.15, 0.2) is 0 Å². The van der Waals surface area contributed by atoms with E-state index in [1.807, 2.05) is 0 Å². The molecule has 1 aliphatic heterocycles. The molecule has 1 aliphatic carbocycles. The van der Waals surface area contributed by atoms with E-state index in [4.69, 9.17) is 4.74 Å². The van der Waals surface area contributed by atoms with Gasteiger partial charge in [-0.2, -0.15) is 13.2 Å². The van der Waals surface area contributed by atoms with Crippen molar-refractivity contribution in [2.45, 2.75) is 45.4 Å². The number of allylic oxidation sites excluding steroid dienone is 6. The highest BCUT2D eigenvalue weighted by molar-refractivity contribution is 5.69. The molecule has 0 aromatic rings. The monoisotopic (exact) mass is 341 g/mol. The van der Waals surface area contributed by atoms with Crippen LogP contribution in [0.5, 0.6) is 0 Å². The van der Waals surface area contributed by atoms with Gasteiger partial charge in [0.05, 0.1) is 0 Å². The first kappa shape index (κ1) is 18.4. The molecule has 0 N–H and O–H groups in total. The van der Waals surface area contributed by atoms with Gasteiger partial charge in [-0.3, -0.25) is 0 Å². The Hall–Kier alpha value is -1.98. The molecule has 0 atom stereocenters. The molecule has 1 amide bonds. The quantitative estimate of drug-likeness (QED) is 0.677. The first-order valence-corrected chi connectivity index (χ1v) is 7.89. The second-order valence-electron chi connectivity index (χ2n) is 6.79. The van der Waals surface area contributed by atoms with Gasteiger partial charge in [0.2, 0.25) is 0 Å². The summed E-state index contributed by atoms with van der Waals surface area (Å²) in [6, 6.07) is 0. The second-order valence-corrected chi connectivity index (χ2v) is 6.79. The van der Waals surface area contributed by atoms with E-state index in [9.17, 15) is 18.0 Å². The Kier molecular flexibility index (Phi) is 5.26. The van der Waals surface area contributed by atoms with Gasteiger partial charge >= 0.3 is 12.3 Å². The van der Waals surface area contributed by atoms with Crippen molar-refractivity contribution in [3.05, 3.63) is 47.1 Å². The molecule has 0 unspecified atom stereocenters. The van der Waals surface area contributed by atoms with E-state index in [1.54, 1.807) is 39.0 Å². The number of carbonyl (C=O) groups excluding carboxylic acids is 1. The number of ether oxygens (including phenoxy) is 1. The Bertz CT molecular complexity index is 619. The zero-order valence-corrected chi connectivity index (χ0v) is 14.1. The van der Waals surface area contributed by atoms with Gasteiger partial charge in [0, 0.05) is 18.7 Å². The minimum absolute atomic E-state index is 0.140. The van der Waals surface area contributed by atoms with Gasteiger partial charge in [0.1, 0.15) is 5.60 Å². The van der Waals surface area contributed by atoms with E-state index in [1.165, 1.54) is 17.1 Å². The van der Waals surface area contributed by atoms with Crippen molar-refractivity contribution < 1.29 is 22.7 Å². The number of amides is 1. The fraction of sp³-hybridized carbons (Fsp3) is 0.500. The fourth-order valence-corrected chi connectivity index (χ4v) is 2.60. The number of rotatable bonds is 1. The third-order valence-electron chi connectivity index (χ3n) is 3.71. The van der Waals surface area contributed by atoms with Crippen molar-refractivity contribution in [3.63, 3.8) is 0 Å². The smallest absolute Gasteiger partial charge is 0.413 e. The summed E-state index contributed by atoms with van der Waals surface area (Å²) in [7, 11) is 0. The van der Waals surface area contributed by atoms with E-state index in [2.05, 4.69) is 0 Å². The molecule has 0 aromatic carbocycles. The predicted molar refractivity (Wildman–Crippen MR) is 86.5 cm³/mol. The second kappa shape index (κ2) is 6.87. The summed E-state index contributed by atoms with van der Waals surface area (Å²) in [4.78, 5) is 13.5. The van der Waals surface area contributed by atoms with Crippen LogP contribution in [0.2, 0.25) is 0 Å². The molecule has 2 rings (SSSR count). The number of halogens is 3. The minimum Gasteiger partial charge on any atom is -0.444 e. The van der Waals surface area contributed by atoms with E-state index >= 15 is 0 Å². The first-order chi connectivity index (χ1) is 11.1. The molecule has 0 bridgehead atoms. The summed E-state index contributed by atoms with van der Waals surface area (Å²) >= 11 is 0. The largest absolute Gasteiger partial charge is 0.444 e. The fourth-order valence-electron chi connectivity index (χ4n) is 2.60. The molecule has 0 radical (unpaired) electrons. The molecule has 1 heterocycles. The molecule has 24 heavy (non-hydrogen) atoms. The van der Waals surface area contributed by atoms with Crippen LogP contribution >= 0.6 is 0 Å². The van der Waals surface area contributed by atoms with Crippen LogP contribution in [0.25, 0.3) is 0 Å². The summed E-state index contributed by atoms with van der Waals surface area (Å²) in [5.41, 5.74) is -0.286. The first-order valence-electron chi connectivity index (χ1n) is 7.89. The van der Waals surface area contributed by atoms with Crippen molar-refractivity contribution in [2.75, 3.05) is 13.1 Å². The van der Waals surface area contributed by atoms with Gasteiger partial charge in [-0.25, -0.2) is 4.79 Å². The molecule has 132 valence electrons. The topological polar surface area (TPSA) is 29.5 Å². The lowest BCUT2D eigenvalue weighted by molar-refractivity contribution is -0.0934. The van der Waals surface area contributed by atoms with Crippen molar-refractivity contribution in [1.82, 2.24) is 4.90 Å². The Morgan fingerprint density at radius 1 is 1.21 bits per heavy atom. The van der Waals surface area contributed by atoms with Crippen LogP contribution in [0.3, 0.4) is 0 Å². The predicted octanol–water partition coefficient (Wildman–Crippen LogP) is 4.93. The van der Waals surface area contributed by atoms with Crippen molar-refractivity contribution in [2.24, 2.45) is 0 Å². The lowest BCUT2D eigenvalue weighted by atomic mass is 9.93. The number of nitrogens with zero attached hydrogens (tertiary/aromatic N) is 1. The van der Waals surface area contributed by atoms with Crippen molar-refractivity contribution >= 4 is 6.09 Å². The zero-order valence-electron chi connectivity index (χ0n) is 14.1. The Morgan fingerprint density at radius 3 is 2.46 bits per heavy atom. The lowest BCUT2D eigenvalue weighted by Crippen LogP contribution is -2.39. The third-order valence-corrected chi connectivity index (χ3v) is 3.71. The lowest BCUT2D eigenvalue weighted by Gasteiger charge is -2.30. The number of hydrogen-bond donors (Lipinski definition) is 0. The number of hydrogen-bond acceptors (Lipinski definition) is 2. The SMILES string of the molecule is CC(C)(C)OC(=O)N1CC=C(C2=C(C(F)(F)F)CC=CC=C2)CC1. The maximum Gasteiger partial charge on any atom is 0.413 e. The maximum atomic E-state index is 13.3. The van der Waals surface area contributed by atoms with E-state index < -0.39 is 23.4 Å². The molecule has 0 aromatic heterocycles. The molecule has 3 nitrogen and oxygen atoms in total. The van der Waals surface area contributed by atoms with Crippen LogP contribution in [0.1, 0.15) is 33.6 Å². The molecule has 6 heteroatoms.